The van der Waals surface area contributed by atoms with E-state index in [1.54, 1.807) is 6.07 Å². The second-order valence-corrected chi connectivity index (χ2v) is 6.97. The molecule has 0 radical (unpaired) electrons. The first-order valence-electron chi connectivity index (χ1n) is 6.81. The number of rotatable bonds is 7. The van der Waals surface area contributed by atoms with E-state index in [0.717, 1.165) is 24.0 Å². The van der Waals surface area contributed by atoms with Crippen molar-refractivity contribution in [1.82, 2.24) is 10.0 Å². The number of halogens is 1. The fraction of sp³-hybridized carbons (Fsp3) is 0.571. The maximum atomic E-state index is 12.5. The second kappa shape index (κ2) is 7.41. The first-order valence-corrected chi connectivity index (χ1v) is 8.67. The lowest BCUT2D eigenvalue weighted by atomic mass is 10.1. The van der Waals surface area contributed by atoms with Crippen LogP contribution in [0.1, 0.15) is 37.8 Å². The van der Waals surface area contributed by atoms with Crippen LogP contribution in [0, 0.1) is 6.92 Å². The van der Waals surface area contributed by atoms with E-state index < -0.39 is 10.0 Å². The van der Waals surface area contributed by atoms with Gasteiger partial charge in [0.2, 0.25) is 10.0 Å². The maximum absolute atomic E-state index is 12.5. The Morgan fingerprint density at radius 1 is 1.25 bits per heavy atom. The van der Waals surface area contributed by atoms with Crippen molar-refractivity contribution in [3.8, 4) is 0 Å². The van der Waals surface area contributed by atoms with Gasteiger partial charge in [-0.15, -0.1) is 0 Å². The maximum Gasteiger partial charge on any atom is 0.241 e. The summed E-state index contributed by atoms with van der Waals surface area (Å²) in [6, 6.07) is 3.26. The lowest BCUT2D eigenvalue weighted by molar-refractivity contribution is 0.529. The minimum Gasteiger partial charge on any atom is -0.316 e. The van der Waals surface area contributed by atoms with E-state index in [4.69, 9.17) is 11.6 Å². The van der Waals surface area contributed by atoms with Gasteiger partial charge < -0.3 is 5.32 Å². The molecule has 0 fully saturated rings. The van der Waals surface area contributed by atoms with Gasteiger partial charge in [0.1, 0.15) is 0 Å². The molecule has 0 heterocycles. The van der Waals surface area contributed by atoms with Gasteiger partial charge in [0, 0.05) is 17.6 Å². The van der Waals surface area contributed by atoms with E-state index in [9.17, 15) is 8.42 Å². The van der Waals surface area contributed by atoms with Crippen molar-refractivity contribution >= 4 is 21.6 Å². The van der Waals surface area contributed by atoms with Crippen LogP contribution in [0.2, 0.25) is 5.02 Å². The van der Waals surface area contributed by atoms with Crippen LogP contribution in [0.3, 0.4) is 0 Å². The molecule has 1 rings (SSSR count). The summed E-state index contributed by atoms with van der Waals surface area (Å²) < 4.78 is 27.7. The molecule has 2 N–H and O–H groups in total. The predicted octanol–water partition coefficient (Wildman–Crippen LogP) is 2.83. The van der Waals surface area contributed by atoms with Gasteiger partial charge in [-0.1, -0.05) is 25.4 Å². The van der Waals surface area contributed by atoms with Crippen molar-refractivity contribution in [3.63, 3.8) is 0 Å². The Hall–Kier alpha value is -0.620. The number of hydrogen-bond acceptors (Lipinski definition) is 3. The first-order chi connectivity index (χ1) is 9.35. The van der Waals surface area contributed by atoms with Crippen molar-refractivity contribution in [3.05, 3.63) is 28.3 Å². The standard InChI is InChI=1S/C14H23ClN2O2S/c1-5-13(6-2)17-20(18,19)14-8-12(15)7-11(9-16-4)10(14)3/h7-8,13,16-17H,5-6,9H2,1-4H3. The summed E-state index contributed by atoms with van der Waals surface area (Å²) in [6.45, 7) is 6.33. The van der Waals surface area contributed by atoms with Gasteiger partial charge in [-0.3, -0.25) is 0 Å². The van der Waals surface area contributed by atoms with E-state index >= 15 is 0 Å². The molecular formula is C14H23ClN2O2S. The molecule has 0 saturated carbocycles. The van der Waals surface area contributed by atoms with Crippen molar-refractivity contribution < 1.29 is 8.42 Å². The molecule has 1 aromatic rings. The molecule has 0 aliphatic carbocycles. The van der Waals surface area contributed by atoms with Crippen LogP contribution >= 0.6 is 11.6 Å². The molecule has 0 aliphatic rings. The van der Waals surface area contributed by atoms with Gasteiger partial charge in [-0.25, -0.2) is 13.1 Å². The molecule has 0 bridgehead atoms. The van der Waals surface area contributed by atoms with Crippen LogP contribution in [0.25, 0.3) is 0 Å². The third-order valence-electron chi connectivity index (χ3n) is 3.40. The molecule has 6 heteroatoms. The summed E-state index contributed by atoms with van der Waals surface area (Å²) in [5.74, 6) is 0. The van der Waals surface area contributed by atoms with Gasteiger partial charge in [0.05, 0.1) is 4.90 Å². The molecule has 0 unspecified atom stereocenters. The predicted molar refractivity (Wildman–Crippen MR) is 83.6 cm³/mol. The van der Waals surface area contributed by atoms with Gasteiger partial charge in [0.25, 0.3) is 0 Å². The molecule has 1 aromatic carbocycles. The summed E-state index contributed by atoms with van der Waals surface area (Å²) in [5, 5.41) is 3.46. The van der Waals surface area contributed by atoms with E-state index in [2.05, 4.69) is 10.0 Å². The van der Waals surface area contributed by atoms with Crippen LogP contribution in [-0.4, -0.2) is 21.5 Å². The summed E-state index contributed by atoms with van der Waals surface area (Å²) in [7, 11) is -1.72. The molecule has 0 aliphatic heterocycles. The number of nitrogens with one attached hydrogen (secondary N) is 2. The summed E-state index contributed by atoms with van der Waals surface area (Å²) in [4.78, 5) is 0.266. The minimum atomic E-state index is -3.54. The van der Waals surface area contributed by atoms with Crippen molar-refractivity contribution in [2.24, 2.45) is 0 Å². The molecule has 20 heavy (non-hydrogen) atoms. The van der Waals surface area contributed by atoms with E-state index in [1.165, 1.54) is 6.07 Å². The lowest BCUT2D eigenvalue weighted by Gasteiger charge is -2.18. The zero-order valence-electron chi connectivity index (χ0n) is 12.5. The van der Waals surface area contributed by atoms with Crippen molar-refractivity contribution in [2.45, 2.75) is 51.1 Å². The highest BCUT2D eigenvalue weighted by atomic mass is 35.5. The van der Waals surface area contributed by atoms with E-state index in [-0.39, 0.29) is 10.9 Å². The summed E-state index contributed by atoms with van der Waals surface area (Å²) >= 11 is 6.05. The smallest absolute Gasteiger partial charge is 0.241 e. The minimum absolute atomic E-state index is 0.0499. The molecule has 0 amide bonds. The Balaban J connectivity index is 3.24. The van der Waals surface area contributed by atoms with Gasteiger partial charge in [-0.2, -0.15) is 0 Å². The molecule has 0 aromatic heterocycles. The quantitative estimate of drug-likeness (QED) is 0.812. The Morgan fingerprint density at radius 3 is 2.35 bits per heavy atom. The van der Waals surface area contributed by atoms with Crippen molar-refractivity contribution in [1.29, 1.82) is 0 Å². The molecule has 0 atom stereocenters. The van der Waals surface area contributed by atoms with Crippen LogP contribution in [0.15, 0.2) is 17.0 Å². The second-order valence-electron chi connectivity index (χ2n) is 4.85. The zero-order chi connectivity index (χ0) is 15.3. The van der Waals surface area contributed by atoms with Crippen LogP contribution in [0.5, 0.6) is 0 Å². The average Bonchev–Trinajstić information content (AvgIpc) is 2.40. The SMILES string of the molecule is CCC(CC)NS(=O)(=O)c1cc(Cl)cc(CNC)c1C. The largest absolute Gasteiger partial charge is 0.316 e. The highest BCUT2D eigenvalue weighted by Gasteiger charge is 2.22. The molecule has 0 saturated heterocycles. The average molecular weight is 319 g/mol. The van der Waals surface area contributed by atoms with Gasteiger partial charge in [0.15, 0.2) is 0 Å². The Kier molecular flexibility index (Phi) is 6.45. The Bertz CT molecular complexity index is 555. The molecular weight excluding hydrogens is 296 g/mol. The highest BCUT2D eigenvalue weighted by molar-refractivity contribution is 7.89. The summed E-state index contributed by atoms with van der Waals surface area (Å²) in [5.41, 5.74) is 1.63. The molecule has 114 valence electrons. The Morgan fingerprint density at radius 2 is 1.85 bits per heavy atom. The monoisotopic (exact) mass is 318 g/mol. The van der Waals surface area contributed by atoms with Crippen LogP contribution in [0.4, 0.5) is 0 Å². The fourth-order valence-electron chi connectivity index (χ4n) is 2.10. The number of benzene rings is 1. The van der Waals surface area contributed by atoms with E-state index in [1.807, 2.05) is 27.8 Å². The Labute approximate surface area is 127 Å². The van der Waals surface area contributed by atoms with Gasteiger partial charge in [-0.05, 0) is 50.1 Å². The number of hydrogen-bond donors (Lipinski definition) is 2. The normalized spacial score (nSPS) is 12.1. The molecule has 4 nitrogen and oxygen atoms in total. The van der Waals surface area contributed by atoms with Crippen LogP contribution < -0.4 is 10.0 Å². The first kappa shape index (κ1) is 17.4. The van der Waals surface area contributed by atoms with Crippen LogP contribution in [-0.2, 0) is 16.6 Å². The lowest BCUT2D eigenvalue weighted by Crippen LogP contribution is -2.34. The zero-order valence-corrected chi connectivity index (χ0v) is 14.0. The third kappa shape index (κ3) is 4.19. The van der Waals surface area contributed by atoms with E-state index in [0.29, 0.717) is 11.6 Å². The number of sulfonamides is 1. The van der Waals surface area contributed by atoms with Crippen molar-refractivity contribution in [2.75, 3.05) is 7.05 Å². The summed E-state index contributed by atoms with van der Waals surface area (Å²) in [6.07, 6.45) is 1.53. The van der Waals surface area contributed by atoms with Gasteiger partial charge >= 0.3 is 0 Å². The molecule has 0 spiro atoms. The highest BCUT2D eigenvalue weighted by Crippen LogP contribution is 2.25. The fourth-order valence-corrected chi connectivity index (χ4v) is 4.12. The third-order valence-corrected chi connectivity index (χ3v) is 5.26. The topological polar surface area (TPSA) is 58.2 Å².